The van der Waals surface area contributed by atoms with Crippen molar-refractivity contribution in [3.63, 3.8) is 0 Å². The summed E-state index contributed by atoms with van der Waals surface area (Å²) in [6.07, 6.45) is 0. The summed E-state index contributed by atoms with van der Waals surface area (Å²) in [6, 6.07) is 11.2. The van der Waals surface area contributed by atoms with Crippen LogP contribution in [0.3, 0.4) is 0 Å². The van der Waals surface area contributed by atoms with Gasteiger partial charge in [0.25, 0.3) is 0 Å². The lowest BCUT2D eigenvalue weighted by Gasteiger charge is -2.12. The van der Waals surface area contributed by atoms with Crippen molar-refractivity contribution in [2.75, 3.05) is 27.4 Å². The highest BCUT2D eigenvalue weighted by Gasteiger charge is 2.06. The molecule has 0 heterocycles. The van der Waals surface area contributed by atoms with E-state index in [1.54, 1.807) is 14.2 Å². The quantitative estimate of drug-likeness (QED) is 0.711. The Bertz CT molecular complexity index is 747. The molecule has 0 fully saturated rings. The average molecular weight is 358 g/mol. The minimum Gasteiger partial charge on any atom is -0.493 e. The van der Waals surface area contributed by atoms with Gasteiger partial charge in [-0.05, 0) is 48.7 Å². The monoisotopic (exact) mass is 358 g/mol. The highest BCUT2D eigenvalue weighted by Crippen LogP contribution is 2.27. The van der Waals surface area contributed by atoms with Crippen molar-refractivity contribution in [1.82, 2.24) is 10.6 Å². The highest BCUT2D eigenvalue weighted by atomic mass is 16.5. The van der Waals surface area contributed by atoms with E-state index in [0.29, 0.717) is 31.2 Å². The van der Waals surface area contributed by atoms with E-state index in [0.717, 1.165) is 16.9 Å². The summed E-state index contributed by atoms with van der Waals surface area (Å²) >= 11 is 0. The number of urea groups is 1. The molecule has 2 N–H and O–H groups in total. The summed E-state index contributed by atoms with van der Waals surface area (Å²) in [5.41, 5.74) is 3.22. The van der Waals surface area contributed by atoms with Crippen LogP contribution in [0.2, 0.25) is 0 Å². The first-order valence-electron chi connectivity index (χ1n) is 8.46. The van der Waals surface area contributed by atoms with E-state index in [1.807, 2.05) is 50.2 Å². The second-order valence-corrected chi connectivity index (χ2v) is 5.85. The third kappa shape index (κ3) is 5.31. The Balaban J connectivity index is 1.73. The number of carbonyl (C=O) groups is 1. The molecule has 6 nitrogen and oxygen atoms in total. The molecule has 0 aliphatic heterocycles. The molecule has 0 aromatic heterocycles. The van der Waals surface area contributed by atoms with Gasteiger partial charge in [0.05, 0.1) is 20.8 Å². The van der Waals surface area contributed by atoms with Gasteiger partial charge in [0.15, 0.2) is 11.5 Å². The number of ether oxygens (including phenoxy) is 3. The van der Waals surface area contributed by atoms with Crippen LogP contribution in [0.25, 0.3) is 0 Å². The van der Waals surface area contributed by atoms with Crippen molar-refractivity contribution >= 4 is 6.03 Å². The summed E-state index contributed by atoms with van der Waals surface area (Å²) in [6.45, 7) is 5.29. The van der Waals surface area contributed by atoms with Crippen LogP contribution < -0.4 is 24.8 Å². The first-order valence-corrected chi connectivity index (χ1v) is 8.46. The maximum atomic E-state index is 11.9. The molecule has 0 aliphatic rings. The zero-order chi connectivity index (χ0) is 18.9. The third-order valence-electron chi connectivity index (χ3n) is 4.10. The van der Waals surface area contributed by atoms with Crippen molar-refractivity contribution in [2.24, 2.45) is 0 Å². The van der Waals surface area contributed by atoms with Gasteiger partial charge < -0.3 is 24.8 Å². The zero-order valence-corrected chi connectivity index (χ0v) is 15.7. The van der Waals surface area contributed by atoms with Crippen LogP contribution in [0.1, 0.15) is 16.7 Å². The number of hydrogen-bond donors (Lipinski definition) is 2. The molecule has 0 spiro atoms. The minimum atomic E-state index is -0.246. The van der Waals surface area contributed by atoms with Gasteiger partial charge in [0, 0.05) is 6.54 Å². The maximum absolute atomic E-state index is 11.9. The topological polar surface area (TPSA) is 68.8 Å². The van der Waals surface area contributed by atoms with Crippen molar-refractivity contribution in [3.05, 3.63) is 53.1 Å². The van der Waals surface area contributed by atoms with Gasteiger partial charge in [0.2, 0.25) is 0 Å². The number of hydrogen-bond acceptors (Lipinski definition) is 4. The second-order valence-electron chi connectivity index (χ2n) is 5.85. The molecular formula is C20H26N2O4. The third-order valence-corrected chi connectivity index (χ3v) is 4.10. The molecule has 0 aliphatic carbocycles. The van der Waals surface area contributed by atoms with Crippen LogP contribution in [-0.4, -0.2) is 33.4 Å². The molecule has 0 saturated carbocycles. The van der Waals surface area contributed by atoms with Crippen LogP contribution in [0, 0.1) is 13.8 Å². The Labute approximate surface area is 154 Å². The molecule has 140 valence electrons. The Morgan fingerprint density at radius 2 is 1.73 bits per heavy atom. The number of carbonyl (C=O) groups excluding carboxylic acids is 1. The van der Waals surface area contributed by atoms with Crippen molar-refractivity contribution in [1.29, 1.82) is 0 Å². The predicted molar refractivity (Wildman–Crippen MR) is 101 cm³/mol. The van der Waals surface area contributed by atoms with E-state index >= 15 is 0 Å². The van der Waals surface area contributed by atoms with E-state index < -0.39 is 0 Å². The predicted octanol–water partition coefficient (Wildman–Crippen LogP) is 3.20. The van der Waals surface area contributed by atoms with Gasteiger partial charge in [-0.2, -0.15) is 0 Å². The molecule has 2 amide bonds. The van der Waals surface area contributed by atoms with Crippen LogP contribution in [0.4, 0.5) is 4.79 Å². The van der Waals surface area contributed by atoms with Crippen molar-refractivity contribution in [2.45, 2.75) is 20.4 Å². The zero-order valence-electron chi connectivity index (χ0n) is 15.7. The molecular weight excluding hydrogens is 332 g/mol. The molecule has 0 saturated heterocycles. The second kappa shape index (κ2) is 9.56. The van der Waals surface area contributed by atoms with E-state index in [4.69, 9.17) is 14.2 Å². The number of methoxy groups -OCH3 is 2. The van der Waals surface area contributed by atoms with E-state index in [1.165, 1.54) is 5.56 Å². The van der Waals surface area contributed by atoms with E-state index in [-0.39, 0.29) is 6.03 Å². The van der Waals surface area contributed by atoms with Gasteiger partial charge in [-0.3, -0.25) is 0 Å². The van der Waals surface area contributed by atoms with Crippen molar-refractivity contribution < 1.29 is 19.0 Å². The number of nitrogens with one attached hydrogen (secondary N) is 2. The first kappa shape index (κ1) is 19.4. The van der Waals surface area contributed by atoms with E-state index in [2.05, 4.69) is 10.6 Å². The highest BCUT2D eigenvalue weighted by molar-refractivity contribution is 5.73. The number of amides is 2. The lowest BCUT2D eigenvalue weighted by atomic mass is 10.1. The molecule has 2 rings (SSSR count). The van der Waals surface area contributed by atoms with Gasteiger partial charge in [-0.1, -0.05) is 18.2 Å². The number of benzene rings is 2. The Hall–Kier alpha value is -2.89. The summed E-state index contributed by atoms with van der Waals surface area (Å²) in [5.74, 6) is 2.14. The van der Waals surface area contributed by atoms with Crippen LogP contribution in [-0.2, 0) is 6.54 Å². The molecule has 26 heavy (non-hydrogen) atoms. The van der Waals surface area contributed by atoms with Crippen LogP contribution in [0.15, 0.2) is 36.4 Å². The molecule has 2 aromatic rings. The van der Waals surface area contributed by atoms with Crippen LogP contribution in [0.5, 0.6) is 17.2 Å². The summed E-state index contributed by atoms with van der Waals surface area (Å²) in [7, 11) is 3.17. The molecule has 6 heteroatoms. The lowest BCUT2D eigenvalue weighted by molar-refractivity contribution is 0.236. The van der Waals surface area contributed by atoms with E-state index in [9.17, 15) is 4.79 Å². The summed E-state index contributed by atoms with van der Waals surface area (Å²) < 4.78 is 16.2. The molecule has 0 radical (unpaired) electrons. The molecule has 2 aromatic carbocycles. The average Bonchev–Trinajstić information content (AvgIpc) is 2.66. The summed E-state index contributed by atoms with van der Waals surface area (Å²) in [5, 5.41) is 5.58. The number of rotatable bonds is 8. The Kier molecular flexibility index (Phi) is 7.14. The fourth-order valence-corrected chi connectivity index (χ4v) is 2.44. The van der Waals surface area contributed by atoms with Gasteiger partial charge in [-0.15, -0.1) is 0 Å². The van der Waals surface area contributed by atoms with Crippen LogP contribution >= 0.6 is 0 Å². The largest absolute Gasteiger partial charge is 0.493 e. The standard InChI is InChI=1S/C20H26N2O4/c1-14-6-5-7-17(15(14)2)26-11-10-21-20(23)22-13-16-8-9-18(24-3)19(12-16)25-4/h5-9,12H,10-11,13H2,1-4H3,(H2,21,22,23). The lowest BCUT2D eigenvalue weighted by Crippen LogP contribution is -2.37. The van der Waals surface area contributed by atoms with Gasteiger partial charge in [-0.25, -0.2) is 4.79 Å². The number of aryl methyl sites for hydroxylation is 1. The van der Waals surface area contributed by atoms with Gasteiger partial charge >= 0.3 is 6.03 Å². The smallest absolute Gasteiger partial charge is 0.315 e. The van der Waals surface area contributed by atoms with Crippen molar-refractivity contribution in [3.8, 4) is 17.2 Å². The minimum absolute atomic E-state index is 0.246. The Morgan fingerprint density at radius 1 is 0.962 bits per heavy atom. The fourth-order valence-electron chi connectivity index (χ4n) is 2.44. The molecule has 0 atom stereocenters. The first-order chi connectivity index (χ1) is 12.5. The molecule has 0 bridgehead atoms. The Morgan fingerprint density at radius 3 is 2.46 bits per heavy atom. The fraction of sp³-hybridized carbons (Fsp3) is 0.350. The summed E-state index contributed by atoms with van der Waals surface area (Å²) in [4.78, 5) is 11.9. The SMILES string of the molecule is COc1ccc(CNC(=O)NCCOc2cccc(C)c2C)cc1OC. The maximum Gasteiger partial charge on any atom is 0.315 e. The molecule has 0 unspecified atom stereocenters. The normalized spacial score (nSPS) is 10.2. The van der Waals surface area contributed by atoms with Gasteiger partial charge in [0.1, 0.15) is 12.4 Å².